The summed E-state index contributed by atoms with van der Waals surface area (Å²) in [6.07, 6.45) is 4.07. The van der Waals surface area contributed by atoms with E-state index in [0.29, 0.717) is 6.04 Å². The highest BCUT2D eigenvalue weighted by Gasteiger charge is 2.28. The number of hydrogen-bond donors (Lipinski definition) is 0. The van der Waals surface area contributed by atoms with Crippen LogP contribution in [0.3, 0.4) is 0 Å². The largest absolute Gasteiger partial charge is 0.493 e. The molecule has 1 saturated heterocycles. The molecule has 0 aliphatic carbocycles. The van der Waals surface area contributed by atoms with E-state index in [2.05, 4.69) is 22.0 Å². The van der Waals surface area contributed by atoms with Gasteiger partial charge >= 0.3 is 0 Å². The number of hydrogen-bond acceptors (Lipinski definition) is 5. The van der Waals surface area contributed by atoms with Crippen molar-refractivity contribution in [3.63, 3.8) is 0 Å². The Balaban J connectivity index is 1.85. The summed E-state index contributed by atoms with van der Waals surface area (Å²) in [6.45, 7) is 3.82. The maximum absolute atomic E-state index is 5.51. The van der Waals surface area contributed by atoms with Gasteiger partial charge in [0, 0.05) is 24.5 Å². The highest BCUT2D eigenvalue weighted by molar-refractivity contribution is 5.42. The summed E-state index contributed by atoms with van der Waals surface area (Å²) in [4.78, 5) is 11.6. The van der Waals surface area contributed by atoms with Crippen LogP contribution in [0.25, 0.3) is 0 Å². The lowest BCUT2D eigenvalue weighted by Gasteiger charge is -2.24. The molecule has 3 rings (SSSR count). The van der Waals surface area contributed by atoms with E-state index in [1.165, 1.54) is 6.42 Å². The molecule has 0 spiro atoms. The lowest BCUT2D eigenvalue weighted by Crippen LogP contribution is -2.24. The first kappa shape index (κ1) is 15.7. The molecule has 0 saturated carbocycles. The maximum Gasteiger partial charge on any atom is 0.183 e. The quantitative estimate of drug-likeness (QED) is 0.848. The lowest BCUT2D eigenvalue weighted by atomic mass is 10.1. The molecule has 2 aromatic heterocycles. The molecule has 23 heavy (non-hydrogen) atoms. The van der Waals surface area contributed by atoms with Crippen molar-refractivity contribution in [2.24, 2.45) is 0 Å². The highest BCUT2D eigenvalue weighted by Crippen LogP contribution is 2.35. The van der Waals surface area contributed by atoms with Crippen LogP contribution in [0.4, 0.5) is 0 Å². The predicted molar refractivity (Wildman–Crippen MR) is 88.7 cm³/mol. The second-order valence-electron chi connectivity index (χ2n) is 5.83. The van der Waals surface area contributed by atoms with E-state index < -0.39 is 0 Å². The molecule has 0 aromatic carbocycles. The van der Waals surface area contributed by atoms with Gasteiger partial charge in [0.05, 0.1) is 26.0 Å². The van der Waals surface area contributed by atoms with Gasteiger partial charge in [-0.15, -0.1) is 0 Å². The van der Waals surface area contributed by atoms with E-state index in [1.807, 2.05) is 19.1 Å². The summed E-state index contributed by atoms with van der Waals surface area (Å²) >= 11 is 0. The Labute approximate surface area is 137 Å². The summed E-state index contributed by atoms with van der Waals surface area (Å²) in [5.74, 6) is 1.44. The standard InChI is InChI=1S/C18H23N3O2/c1-13-6-4-7-14(20-13)16-8-5-11-21(16)12-15-18(23-3)17(22-2)9-10-19-15/h4,6-7,9-10,16H,5,8,11-12H2,1-3H3. The summed E-state index contributed by atoms with van der Waals surface area (Å²) < 4.78 is 10.9. The number of aromatic nitrogens is 2. The van der Waals surface area contributed by atoms with Gasteiger partial charge in [-0.3, -0.25) is 14.9 Å². The van der Waals surface area contributed by atoms with Gasteiger partial charge in [0.2, 0.25) is 0 Å². The number of nitrogens with zero attached hydrogens (tertiary/aromatic N) is 3. The van der Waals surface area contributed by atoms with E-state index in [-0.39, 0.29) is 0 Å². The number of rotatable bonds is 5. The summed E-state index contributed by atoms with van der Waals surface area (Å²) in [7, 11) is 3.31. The lowest BCUT2D eigenvalue weighted by molar-refractivity contribution is 0.235. The molecule has 2 aromatic rings. The van der Waals surface area contributed by atoms with Gasteiger partial charge in [0.15, 0.2) is 11.5 Å². The fraction of sp³-hybridized carbons (Fsp3) is 0.444. The van der Waals surface area contributed by atoms with E-state index >= 15 is 0 Å². The molecular formula is C18H23N3O2. The number of likely N-dealkylation sites (tertiary alicyclic amines) is 1. The van der Waals surface area contributed by atoms with Crippen molar-refractivity contribution in [3.05, 3.63) is 47.5 Å². The molecule has 1 aliphatic heterocycles. The summed E-state index contributed by atoms with van der Waals surface area (Å²) in [5.41, 5.74) is 3.11. The van der Waals surface area contributed by atoms with Crippen LogP contribution in [0.5, 0.6) is 11.5 Å². The zero-order valence-electron chi connectivity index (χ0n) is 14.0. The fourth-order valence-corrected chi connectivity index (χ4v) is 3.26. The second kappa shape index (κ2) is 6.96. The Morgan fingerprint density at radius 1 is 1.22 bits per heavy atom. The molecule has 0 amide bonds. The third-order valence-corrected chi connectivity index (χ3v) is 4.33. The first-order chi connectivity index (χ1) is 11.2. The summed E-state index contributed by atoms with van der Waals surface area (Å²) in [5, 5.41) is 0. The molecule has 1 fully saturated rings. The Bertz CT molecular complexity index is 675. The van der Waals surface area contributed by atoms with Gasteiger partial charge in [0.1, 0.15) is 5.69 Å². The van der Waals surface area contributed by atoms with E-state index in [1.54, 1.807) is 20.4 Å². The molecule has 5 nitrogen and oxygen atoms in total. The molecule has 0 bridgehead atoms. The smallest absolute Gasteiger partial charge is 0.183 e. The third-order valence-electron chi connectivity index (χ3n) is 4.33. The van der Waals surface area contributed by atoms with Crippen LogP contribution in [-0.2, 0) is 6.54 Å². The molecule has 0 N–H and O–H groups in total. The van der Waals surface area contributed by atoms with Crippen molar-refractivity contribution in [2.45, 2.75) is 32.4 Å². The van der Waals surface area contributed by atoms with Crippen LogP contribution in [0, 0.1) is 6.92 Å². The maximum atomic E-state index is 5.51. The number of methoxy groups -OCH3 is 2. The zero-order chi connectivity index (χ0) is 16.2. The van der Waals surface area contributed by atoms with Crippen LogP contribution < -0.4 is 9.47 Å². The zero-order valence-corrected chi connectivity index (χ0v) is 14.0. The van der Waals surface area contributed by atoms with Gasteiger partial charge < -0.3 is 9.47 Å². The molecule has 1 unspecified atom stereocenters. The monoisotopic (exact) mass is 313 g/mol. The van der Waals surface area contributed by atoms with E-state index in [9.17, 15) is 0 Å². The van der Waals surface area contributed by atoms with Crippen molar-refractivity contribution in [1.29, 1.82) is 0 Å². The molecular weight excluding hydrogens is 290 g/mol. The minimum Gasteiger partial charge on any atom is -0.493 e. The average Bonchev–Trinajstić information content (AvgIpc) is 3.02. The van der Waals surface area contributed by atoms with E-state index in [0.717, 1.165) is 48.1 Å². The van der Waals surface area contributed by atoms with Gasteiger partial charge in [-0.05, 0) is 38.4 Å². The SMILES string of the molecule is COc1ccnc(CN2CCCC2c2cccc(C)n2)c1OC. The predicted octanol–water partition coefficient (Wildman–Crippen LogP) is 3.14. The molecule has 3 heterocycles. The minimum absolute atomic E-state index is 0.340. The second-order valence-corrected chi connectivity index (χ2v) is 5.83. The van der Waals surface area contributed by atoms with Crippen molar-refractivity contribution < 1.29 is 9.47 Å². The first-order valence-electron chi connectivity index (χ1n) is 7.96. The van der Waals surface area contributed by atoms with Crippen LogP contribution in [0.15, 0.2) is 30.5 Å². The number of ether oxygens (including phenoxy) is 2. The van der Waals surface area contributed by atoms with Gasteiger partial charge in [-0.25, -0.2) is 0 Å². The fourth-order valence-electron chi connectivity index (χ4n) is 3.26. The number of pyridine rings is 2. The van der Waals surface area contributed by atoms with Gasteiger partial charge in [-0.2, -0.15) is 0 Å². The van der Waals surface area contributed by atoms with Crippen molar-refractivity contribution in [3.8, 4) is 11.5 Å². The molecule has 122 valence electrons. The highest BCUT2D eigenvalue weighted by atomic mass is 16.5. The minimum atomic E-state index is 0.340. The Morgan fingerprint density at radius 2 is 2.09 bits per heavy atom. The van der Waals surface area contributed by atoms with E-state index in [4.69, 9.17) is 14.5 Å². The normalized spacial score (nSPS) is 18.1. The average molecular weight is 313 g/mol. The van der Waals surface area contributed by atoms with Gasteiger partial charge in [0.25, 0.3) is 0 Å². The molecule has 0 radical (unpaired) electrons. The van der Waals surface area contributed by atoms with Crippen LogP contribution in [0.2, 0.25) is 0 Å². The third kappa shape index (κ3) is 3.29. The van der Waals surface area contributed by atoms with Crippen LogP contribution >= 0.6 is 0 Å². The summed E-state index contributed by atoms with van der Waals surface area (Å²) in [6, 6.07) is 8.40. The first-order valence-corrected chi connectivity index (χ1v) is 7.96. The Kier molecular flexibility index (Phi) is 4.76. The van der Waals surface area contributed by atoms with Crippen LogP contribution in [-0.4, -0.2) is 35.6 Å². The van der Waals surface area contributed by atoms with Crippen molar-refractivity contribution in [2.75, 3.05) is 20.8 Å². The molecule has 1 atom stereocenters. The molecule has 1 aliphatic rings. The van der Waals surface area contributed by atoms with Crippen LogP contribution in [0.1, 0.15) is 36.0 Å². The van der Waals surface area contributed by atoms with Crippen molar-refractivity contribution in [1.82, 2.24) is 14.9 Å². The topological polar surface area (TPSA) is 47.5 Å². The van der Waals surface area contributed by atoms with Crippen molar-refractivity contribution >= 4 is 0 Å². The van der Waals surface area contributed by atoms with Gasteiger partial charge in [-0.1, -0.05) is 6.07 Å². The number of aryl methyl sites for hydroxylation is 1. The Hall–Kier alpha value is -2.14. The molecule has 5 heteroatoms. The Morgan fingerprint density at radius 3 is 2.83 bits per heavy atom.